The summed E-state index contributed by atoms with van der Waals surface area (Å²) in [5.74, 6) is -0.231. The molecule has 3 heteroatoms. The third-order valence-electron chi connectivity index (χ3n) is 1.64. The van der Waals surface area contributed by atoms with Crippen LogP contribution in [0.5, 0.6) is 0 Å². The summed E-state index contributed by atoms with van der Waals surface area (Å²) in [7, 11) is 0. The van der Waals surface area contributed by atoms with Crippen LogP contribution in [-0.2, 0) is 0 Å². The molecular formula is C10H13FN2. The molecule has 0 amide bonds. The van der Waals surface area contributed by atoms with E-state index in [1.165, 1.54) is 4.52 Å². The SMILES string of the molecule is CC.Cc1nn2ccccc2c1F. The molecule has 0 fully saturated rings. The summed E-state index contributed by atoms with van der Waals surface area (Å²) in [6.07, 6.45) is 1.73. The molecule has 2 nitrogen and oxygen atoms in total. The number of rotatable bonds is 0. The fourth-order valence-corrected chi connectivity index (χ4v) is 1.09. The van der Waals surface area contributed by atoms with Gasteiger partial charge in [0.2, 0.25) is 0 Å². The Morgan fingerprint density at radius 2 is 2.00 bits per heavy atom. The van der Waals surface area contributed by atoms with Gasteiger partial charge < -0.3 is 0 Å². The van der Waals surface area contributed by atoms with Crippen LogP contribution in [0.4, 0.5) is 4.39 Å². The standard InChI is InChI=1S/C8H7FN2.C2H6/c1-6-8(9)7-4-2-3-5-11(7)10-6;1-2/h2-5H,1H3;1-2H3. The summed E-state index contributed by atoms with van der Waals surface area (Å²) in [4.78, 5) is 0. The minimum Gasteiger partial charge on any atom is -0.238 e. The monoisotopic (exact) mass is 180 g/mol. The van der Waals surface area contributed by atoms with Crippen LogP contribution >= 0.6 is 0 Å². The zero-order chi connectivity index (χ0) is 9.84. The lowest BCUT2D eigenvalue weighted by Gasteiger charge is -1.87. The van der Waals surface area contributed by atoms with E-state index in [4.69, 9.17) is 0 Å². The molecular weight excluding hydrogens is 167 g/mol. The molecule has 2 aromatic rings. The Balaban J connectivity index is 0.000000396. The molecule has 0 aliphatic rings. The predicted octanol–water partition coefficient (Wildman–Crippen LogP) is 2.81. The number of hydrogen-bond donors (Lipinski definition) is 0. The zero-order valence-electron chi connectivity index (χ0n) is 8.08. The fraction of sp³-hybridized carbons (Fsp3) is 0.300. The van der Waals surface area contributed by atoms with Gasteiger partial charge in [-0.3, -0.25) is 0 Å². The van der Waals surface area contributed by atoms with Crippen LogP contribution < -0.4 is 0 Å². The van der Waals surface area contributed by atoms with Gasteiger partial charge >= 0.3 is 0 Å². The predicted molar refractivity (Wildman–Crippen MR) is 51.2 cm³/mol. The van der Waals surface area contributed by atoms with Crippen LogP contribution in [0.1, 0.15) is 19.5 Å². The Bertz CT molecular complexity index is 393. The van der Waals surface area contributed by atoms with Crippen LogP contribution in [0.3, 0.4) is 0 Å². The number of fused-ring (bicyclic) bond motifs is 1. The average Bonchev–Trinajstić information content (AvgIpc) is 2.47. The first-order chi connectivity index (χ1) is 6.29. The number of nitrogens with zero attached hydrogens (tertiary/aromatic N) is 2. The van der Waals surface area contributed by atoms with Crippen LogP contribution in [0.25, 0.3) is 5.52 Å². The molecule has 2 rings (SSSR count). The Labute approximate surface area is 77.0 Å². The highest BCUT2D eigenvalue weighted by atomic mass is 19.1. The molecule has 0 aromatic carbocycles. The minimum atomic E-state index is -0.231. The first kappa shape index (κ1) is 9.71. The number of hydrogen-bond acceptors (Lipinski definition) is 1. The third kappa shape index (κ3) is 1.69. The van der Waals surface area contributed by atoms with E-state index in [0.29, 0.717) is 11.2 Å². The Morgan fingerprint density at radius 3 is 2.62 bits per heavy atom. The topological polar surface area (TPSA) is 17.3 Å². The summed E-state index contributed by atoms with van der Waals surface area (Å²) < 4.78 is 14.6. The molecule has 0 aliphatic carbocycles. The van der Waals surface area contributed by atoms with Crippen molar-refractivity contribution >= 4 is 5.52 Å². The van der Waals surface area contributed by atoms with Crippen molar-refractivity contribution in [3.63, 3.8) is 0 Å². The van der Waals surface area contributed by atoms with E-state index < -0.39 is 0 Å². The Morgan fingerprint density at radius 1 is 1.31 bits per heavy atom. The van der Waals surface area contributed by atoms with Crippen molar-refractivity contribution in [1.82, 2.24) is 9.61 Å². The molecule has 0 atom stereocenters. The molecule has 0 spiro atoms. The molecule has 2 heterocycles. The highest BCUT2D eigenvalue weighted by Gasteiger charge is 2.05. The second-order valence-electron chi connectivity index (χ2n) is 2.43. The lowest BCUT2D eigenvalue weighted by molar-refractivity contribution is 0.629. The van der Waals surface area contributed by atoms with Crippen molar-refractivity contribution in [1.29, 1.82) is 0 Å². The van der Waals surface area contributed by atoms with Crippen molar-refractivity contribution in [2.45, 2.75) is 20.8 Å². The second kappa shape index (κ2) is 4.03. The molecule has 70 valence electrons. The van der Waals surface area contributed by atoms with Crippen LogP contribution in [-0.4, -0.2) is 9.61 Å². The second-order valence-corrected chi connectivity index (χ2v) is 2.43. The minimum absolute atomic E-state index is 0.231. The van der Waals surface area contributed by atoms with E-state index >= 15 is 0 Å². The van der Waals surface area contributed by atoms with E-state index in [1.54, 1.807) is 25.3 Å². The molecule has 0 saturated heterocycles. The summed E-state index contributed by atoms with van der Waals surface area (Å²) >= 11 is 0. The van der Waals surface area contributed by atoms with E-state index in [-0.39, 0.29) is 5.82 Å². The summed E-state index contributed by atoms with van der Waals surface area (Å²) in [6, 6.07) is 5.31. The van der Waals surface area contributed by atoms with Crippen molar-refractivity contribution in [2.75, 3.05) is 0 Å². The van der Waals surface area contributed by atoms with E-state index in [9.17, 15) is 4.39 Å². The van der Waals surface area contributed by atoms with Gasteiger partial charge in [-0.15, -0.1) is 0 Å². The molecule has 0 unspecified atom stereocenters. The molecule has 0 N–H and O–H groups in total. The van der Waals surface area contributed by atoms with E-state index in [2.05, 4.69) is 5.10 Å². The molecule has 0 radical (unpaired) electrons. The molecule has 13 heavy (non-hydrogen) atoms. The highest BCUT2D eigenvalue weighted by molar-refractivity contribution is 5.48. The maximum absolute atomic E-state index is 13.1. The summed E-state index contributed by atoms with van der Waals surface area (Å²) in [6.45, 7) is 5.66. The van der Waals surface area contributed by atoms with Gasteiger partial charge in [-0.2, -0.15) is 5.10 Å². The van der Waals surface area contributed by atoms with Gasteiger partial charge in [-0.05, 0) is 19.1 Å². The summed E-state index contributed by atoms with van der Waals surface area (Å²) in [5.41, 5.74) is 0.973. The van der Waals surface area contributed by atoms with Crippen molar-refractivity contribution < 1.29 is 4.39 Å². The average molecular weight is 180 g/mol. The third-order valence-corrected chi connectivity index (χ3v) is 1.64. The number of halogens is 1. The molecule has 0 aliphatic heterocycles. The largest absolute Gasteiger partial charge is 0.238 e. The van der Waals surface area contributed by atoms with Crippen LogP contribution in [0, 0.1) is 12.7 Å². The lowest BCUT2D eigenvalue weighted by Crippen LogP contribution is -1.83. The fourth-order valence-electron chi connectivity index (χ4n) is 1.09. The summed E-state index contributed by atoms with van der Waals surface area (Å²) in [5, 5.41) is 3.95. The maximum atomic E-state index is 13.1. The highest BCUT2D eigenvalue weighted by Crippen LogP contribution is 2.11. The lowest BCUT2D eigenvalue weighted by atomic mass is 10.3. The number of aromatic nitrogens is 2. The van der Waals surface area contributed by atoms with E-state index in [0.717, 1.165) is 0 Å². The van der Waals surface area contributed by atoms with Gasteiger partial charge in [-0.25, -0.2) is 8.91 Å². The number of pyridine rings is 1. The van der Waals surface area contributed by atoms with E-state index in [1.807, 2.05) is 19.9 Å². The van der Waals surface area contributed by atoms with Gasteiger partial charge in [0.05, 0.1) is 5.69 Å². The zero-order valence-corrected chi connectivity index (χ0v) is 8.08. The van der Waals surface area contributed by atoms with Crippen molar-refractivity contribution in [3.05, 3.63) is 35.9 Å². The molecule has 2 aromatic heterocycles. The van der Waals surface area contributed by atoms with Crippen molar-refractivity contribution in [3.8, 4) is 0 Å². The Hall–Kier alpha value is -1.38. The van der Waals surface area contributed by atoms with Gasteiger partial charge in [0.25, 0.3) is 0 Å². The van der Waals surface area contributed by atoms with Crippen LogP contribution in [0.15, 0.2) is 24.4 Å². The maximum Gasteiger partial charge on any atom is 0.171 e. The van der Waals surface area contributed by atoms with Crippen molar-refractivity contribution in [2.24, 2.45) is 0 Å². The van der Waals surface area contributed by atoms with Gasteiger partial charge in [0.15, 0.2) is 5.82 Å². The van der Waals surface area contributed by atoms with Gasteiger partial charge in [0, 0.05) is 6.20 Å². The first-order valence-corrected chi connectivity index (χ1v) is 4.38. The molecule has 0 saturated carbocycles. The Kier molecular flexibility index (Phi) is 3.01. The van der Waals surface area contributed by atoms with Gasteiger partial charge in [-0.1, -0.05) is 19.9 Å². The molecule has 0 bridgehead atoms. The quantitative estimate of drug-likeness (QED) is 0.609. The smallest absolute Gasteiger partial charge is 0.171 e. The van der Waals surface area contributed by atoms with Gasteiger partial charge in [0.1, 0.15) is 5.52 Å². The van der Waals surface area contributed by atoms with Crippen LogP contribution in [0.2, 0.25) is 0 Å². The normalized spacial score (nSPS) is 9.54. The number of aryl methyl sites for hydroxylation is 1. The first-order valence-electron chi connectivity index (χ1n) is 4.38.